The van der Waals surface area contributed by atoms with Gasteiger partial charge in [0, 0.05) is 29.9 Å². The average molecular weight is 192 g/mol. The highest BCUT2D eigenvalue weighted by Gasteiger charge is 2.37. The van der Waals surface area contributed by atoms with Crippen molar-refractivity contribution < 1.29 is 4.39 Å². The summed E-state index contributed by atoms with van der Waals surface area (Å²) in [5, 5.41) is 0. The molecule has 14 heavy (non-hydrogen) atoms. The van der Waals surface area contributed by atoms with Gasteiger partial charge in [-0.05, 0) is 25.0 Å². The molecule has 2 nitrogen and oxygen atoms in total. The first-order chi connectivity index (χ1) is 6.75. The van der Waals surface area contributed by atoms with Gasteiger partial charge in [-0.3, -0.25) is 0 Å². The van der Waals surface area contributed by atoms with Gasteiger partial charge in [0.2, 0.25) is 0 Å². The van der Waals surface area contributed by atoms with E-state index in [1.165, 1.54) is 0 Å². The predicted molar refractivity (Wildman–Crippen MR) is 53.8 cm³/mol. The van der Waals surface area contributed by atoms with Crippen molar-refractivity contribution >= 4 is 5.69 Å². The van der Waals surface area contributed by atoms with Crippen LogP contribution < -0.4 is 10.6 Å². The van der Waals surface area contributed by atoms with Crippen LogP contribution in [0.3, 0.4) is 0 Å². The summed E-state index contributed by atoms with van der Waals surface area (Å²) in [6.45, 7) is 0.876. The second-order valence-corrected chi connectivity index (χ2v) is 4.24. The van der Waals surface area contributed by atoms with Crippen LogP contribution in [0, 0.1) is 5.82 Å². The van der Waals surface area contributed by atoms with Crippen molar-refractivity contribution in [1.29, 1.82) is 0 Å². The summed E-state index contributed by atoms with van der Waals surface area (Å²) >= 11 is 0. The number of fused-ring (bicyclic) bond motifs is 3. The molecule has 0 amide bonds. The van der Waals surface area contributed by atoms with E-state index in [0.717, 1.165) is 30.6 Å². The number of anilines is 1. The molecule has 2 aliphatic rings. The van der Waals surface area contributed by atoms with Crippen molar-refractivity contribution in [2.45, 2.75) is 24.9 Å². The van der Waals surface area contributed by atoms with Crippen molar-refractivity contribution in [3.63, 3.8) is 0 Å². The van der Waals surface area contributed by atoms with Crippen molar-refractivity contribution in [3.8, 4) is 0 Å². The van der Waals surface area contributed by atoms with Gasteiger partial charge in [-0.2, -0.15) is 0 Å². The standard InChI is InChI=1S/C11H13FN2/c12-10-2-1-3-11-9(10)5-8-4-7(13)6-14(8)11/h1-3,7-8H,4-6,13H2. The topological polar surface area (TPSA) is 29.3 Å². The third kappa shape index (κ3) is 0.989. The second-order valence-electron chi connectivity index (χ2n) is 4.24. The average Bonchev–Trinajstić information content (AvgIpc) is 2.63. The number of nitrogens with zero attached hydrogens (tertiary/aromatic N) is 1. The van der Waals surface area contributed by atoms with E-state index in [2.05, 4.69) is 4.90 Å². The molecule has 0 bridgehead atoms. The molecule has 0 saturated carbocycles. The van der Waals surface area contributed by atoms with Crippen LogP contribution in [0.4, 0.5) is 10.1 Å². The van der Waals surface area contributed by atoms with Gasteiger partial charge >= 0.3 is 0 Å². The molecular weight excluding hydrogens is 179 g/mol. The molecule has 2 unspecified atom stereocenters. The molecule has 0 aromatic heterocycles. The first-order valence-electron chi connectivity index (χ1n) is 5.05. The molecule has 2 N–H and O–H groups in total. The Hall–Kier alpha value is -1.09. The maximum atomic E-state index is 13.4. The fourth-order valence-corrected chi connectivity index (χ4v) is 2.70. The van der Waals surface area contributed by atoms with Gasteiger partial charge in [0.05, 0.1) is 0 Å². The number of nitrogens with two attached hydrogens (primary N) is 1. The Morgan fingerprint density at radius 1 is 1.43 bits per heavy atom. The van der Waals surface area contributed by atoms with Crippen molar-refractivity contribution in [2.24, 2.45) is 5.73 Å². The number of halogens is 1. The van der Waals surface area contributed by atoms with E-state index >= 15 is 0 Å². The molecule has 1 saturated heterocycles. The van der Waals surface area contributed by atoms with Gasteiger partial charge in [0.1, 0.15) is 5.82 Å². The number of hydrogen-bond acceptors (Lipinski definition) is 2. The minimum absolute atomic E-state index is 0.0644. The van der Waals surface area contributed by atoms with Gasteiger partial charge in [0.15, 0.2) is 0 Å². The molecule has 2 aliphatic heterocycles. The van der Waals surface area contributed by atoms with Crippen LogP contribution in [-0.4, -0.2) is 18.6 Å². The Morgan fingerprint density at radius 3 is 3.14 bits per heavy atom. The summed E-state index contributed by atoms with van der Waals surface area (Å²) in [6, 6.07) is 6.02. The molecule has 3 heteroatoms. The Labute approximate surface area is 82.5 Å². The Bertz CT molecular complexity index is 378. The quantitative estimate of drug-likeness (QED) is 0.671. The molecular formula is C11H13FN2. The van der Waals surface area contributed by atoms with Crippen LogP contribution in [0.2, 0.25) is 0 Å². The van der Waals surface area contributed by atoms with E-state index in [0.29, 0.717) is 6.04 Å². The normalized spacial score (nSPS) is 29.1. The fraction of sp³-hybridized carbons (Fsp3) is 0.455. The van der Waals surface area contributed by atoms with E-state index in [-0.39, 0.29) is 11.9 Å². The summed E-state index contributed by atoms with van der Waals surface area (Å²) in [5.74, 6) is -0.0644. The first kappa shape index (κ1) is 8.24. The molecule has 1 aromatic rings. The van der Waals surface area contributed by atoms with E-state index in [4.69, 9.17) is 5.73 Å². The van der Waals surface area contributed by atoms with Crippen molar-refractivity contribution in [2.75, 3.05) is 11.4 Å². The predicted octanol–water partition coefficient (Wildman–Crippen LogP) is 1.29. The molecule has 2 atom stereocenters. The molecule has 1 fully saturated rings. The van der Waals surface area contributed by atoms with Crippen LogP contribution in [0.25, 0.3) is 0 Å². The minimum Gasteiger partial charge on any atom is -0.366 e. The number of benzene rings is 1. The Morgan fingerprint density at radius 2 is 2.29 bits per heavy atom. The lowest BCUT2D eigenvalue weighted by Gasteiger charge is -2.18. The maximum Gasteiger partial charge on any atom is 0.128 e. The first-order valence-corrected chi connectivity index (χ1v) is 5.05. The van der Waals surface area contributed by atoms with Gasteiger partial charge in [-0.15, -0.1) is 0 Å². The molecule has 74 valence electrons. The SMILES string of the molecule is NC1CC2Cc3c(F)cccc3N2C1. The highest BCUT2D eigenvalue weighted by molar-refractivity contribution is 5.61. The van der Waals surface area contributed by atoms with Crippen LogP contribution in [0.5, 0.6) is 0 Å². The number of rotatable bonds is 0. The van der Waals surface area contributed by atoms with E-state index in [9.17, 15) is 4.39 Å². The van der Waals surface area contributed by atoms with Gasteiger partial charge in [-0.1, -0.05) is 6.07 Å². The van der Waals surface area contributed by atoms with E-state index in [1.807, 2.05) is 6.07 Å². The van der Waals surface area contributed by atoms with Crippen LogP contribution in [0.1, 0.15) is 12.0 Å². The fourth-order valence-electron chi connectivity index (χ4n) is 2.70. The van der Waals surface area contributed by atoms with Crippen LogP contribution in [-0.2, 0) is 6.42 Å². The highest BCUT2D eigenvalue weighted by Crippen LogP contribution is 2.38. The van der Waals surface area contributed by atoms with Crippen LogP contribution in [0.15, 0.2) is 18.2 Å². The second kappa shape index (κ2) is 2.70. The Kier molecular flexibility index (Phi) is 1.59. The zero-order valence-corrected chi connectivity index (χ0v) is 7.91. The van der Waals surface area contributed by atoms with Gasteiger partial charge in [0.25, 0.3) is 0 Å². The third-order valence-electron chi connectivity index (χ3n) is 3.29. The molecule has 0 spiro atoms. The minimum atomic E-state index is -0.0644. The zero-order chi connectivity index (χ0) is 9.71. The van der Waals surface area contributed by atoms with Crippen LogP contribution >= 0.6 is 0 Å². The summed E-state index contributed by atoms with van der Waals surface area (Å²) in [5.41, 5.74) is 7.82. The lowest BCUT2D eigenvalue weighted by Crippen LogP contribution is -2.27. The van der Waals surface area contributed by atoms with E-state index in [1.54, 1.807) is 12.1 Å². The Balaban J connectivity index is 2.05. The largest absolute Gasteiger partial charge is 0.366 e. The van der Waals surface area contributed by atoms with Gasteiger partial charge in [-0.25, -0.2) is 4.39 Å². The molecule has 0 aliphatic carbocycles. The molecule has 2 heterocycles. The third-order valence-corrected chi connectivity index (χ3v) is 3.29. The smallest absolute Gasteiger partial charge is 0.128 e. The van der Waals surface area contributed by atoms with E-state index < -0.39 is 0 Å². The summed E-state index contributed by atoms with van der Waals surface area (Å²) in [4.78, 5) is 2.25. The molecule has 3 rings (SSSR count). The summed E-state index contributed by atoms with van der Waals surface area (Å²) in [7, 11) is 0. The summed E-state index contributed by atoms with van der Waals surface area (Å²) < 4.78 is 13.4. The molecule has 0 radical (unpaired) electrons. The number of hydrogen-bond donors (Lipinski definition) is 1. The monoisotopic (exact) mass is 192 g/mol. The molecule has 1 aromatic carbocycles. The van der Waals surface area contributed by atoms with Crippen molar-refractivity contribution in [1.82, 2.24) is 0 Å². The van der Waals surface area contributed by atoms with Crippen molar-refractivity contribution in [3.05, 3.63) is 29.6 Å². The van der Waals surface area contributed by atoms with Gasteiger partial charge < -0.3 is 10.6 Å². The maximum absolute atomic E-state index is 13.4. The lowest BCUT2D eigenvalue weighted by molar-refractivity contribution is 0.598. The zero-order valence-electron chi connectivity index (χ0n) is 7.91. The lowest BCUT2D eigenvalue weighted by atomic mass is 10.1. The highest BCUT2D eigenvalue weighted by atomic mass is 19.1. The summed E-state index contributed by atoms with van der Waals surface area (Å²) in [6.07, 6.45) is 1.82.